The largest absolute Gasteiger partial charge is 0.455 e. The number of halogens is 2. The number of hydrogen-bond donors (Lipinski definition) is 0. The van der Waals surface area contributed by atoms with Crippen molar-refractivity contribution in [3.05, 3.63) is 93.5 Å². The van der Waals surface area contributed by atoms with Crippen LogP contribution in [0.1, 0.15) is 11.1 Å². The molecule has 0 amide bonds. The molecule has 1 heterocycles. The van der Waals surface area contributed by atoms with Crippen LogP contribution in [-0.2, 0) is 18.0 Å². The summed E-state index contributed by atoms with van der Waals surface area (Å²) in [6.45, 7) is 7.93. The van der Waals surface area contributed by atoms with E-state index in [1.54, 1.807) is 48.8 Å². The van der Waals surface area contributed by atoms with Gasteiger partial charge in [-0.1, -0.05) is 29.3 Å². The Hall–Kier alpha value is -2.58. The predicted octanol–water partition coefficient (Wildman–Crippen LogP) is 6.45. The van der Waals surface area contributed by atoms with E-state index < -0.39 is 0 Å². The van der Waals surface area contributed by atoms with Gasteiger partial charge in [0.25, 0.3) is 0 Å². The summed E-state index contributed by atoms with van der Waals surface area (Å²) in [6.07, 6.45) is 3.43. The molecule has 0 spiro atoms. The number of nitrogens with zero attached hydrogens (tertiary/aromatic N) is 2. The second-order valence-electron chi connectivity index (χ2n) is 5.43. The molecule has 0 unspecified atom stereocenters. The lowest BCUT2D eigenvalue weighted by molar-refractivity contribution is 0.106. The Bertz CT molecular complexity index is 940. The molecule has 0 fully saturated rings. The molecule has 4 nitrogen and oxygen atoms in total. The van der Waals surface area contributed by atoms with Crippen LogP contribution in [0.3, 0.4) is 0 Å². The lowest BCUT2D eigenvalue weighted by Crippen LogP contribution is -1.97. The van der Waals surface area contributed by atoms with Crippen molar-refractivity contribution in [3.63, 3.8) is 0 Å². The molecule has 0 radical (unpaired) electrons. The van der Waals surface area contributed by atoms with E-state index in [4.69, 9.17) is 39.2 Å². The Morgan fingerprint density at radius 1 is 0.923 bits per heavy atom. The Morgan fingerprint density at radius 3 is 2.50 bits per heavy atom. The van der Waals surface area contributed by atoms with Crippen molar-refractivity contribution >= 4 is 28.9 Å². The maximum Gasteiger partial charge on any atom is 0.187 e. The standard InChI is InChI=1S/C20H14Cl2N2O2/c1-23-17-3-5-19(26-20-11-16(21)2-4-18(20)22)15(10-17)13-25-12-14-6-8-24-9-7-14/h2-11H,12-13H2. The molecular weight excluding hydrogens is 371 g/mol. The van der Waals surface area contributed by atoms with Crippen LogP contribution in [0.5, 0.6) is 11.5 Å². The maximum absolute atomic E-state index is 7.20. The number of benzene rings is 2. The van der Waals surface area contributed by atoms with Gasteiger partial charge in [-0.15, -0.1) is 0 Å². The summed E-state index contributed by atoms with van der Waals surface area (Å²) in [5, 5.41) is 0.977. The molecule has 0 saturated heterocycles. The van der Waals surface area contributed by atoms with Gasteiger partial charge in [-0.3, -0.25) is 4.98 Å². The molecular formula is C20H14Cl2N2O2. The van der Waals surface area contributed by atoms with Gasteiger partial charge in [0.1, 0.15) is 11.5 Å². The predicted molar refractivity (Wildman–Crippen MR) is 102 cm³/mol. The SMILES string of the molecule is [C-]#[N+]c1ccc(Oc2cc(Cl)ccc2Cl)c(COCc2ccncc2)c1. The molecule has 0 aliphatic rings. The van der Waals surface area contributed by atoms with Gasteiger partial charge in [0.05, 0.1) is 24.8 Å². The van der Waals surface area contributed by atoms with Crippen LogP contribution in [-0.4, -0.2) is 4.98 Å². The van der Waals surface area contributed by atoms with Gasteiger partial charge >= 0.3 is 0 Å². The summed E-state index contributed by atoms with van der Waals surface area (Å²) in [5.74, 6) is 1.02. The topological polar surface area (TPSA) is 35.7 Å². The summed E-state index contributed by atoms with van der Waals surface area (Å²) >= 11 is 12.2. The molecule has 130 valence electrons. The molecule has 0 saturated carbocycles. The van der Waals surface area contributed by atoms with Crippen molar-refractivity contribution in [2.45, 2.75) is 13.2 Å². The fraction of sp³-hybridized carbons (Fsp3) is 0.100. The van der Waals surface area contributed by atoms with E-state index in [9.17, 15) is 0 Å². The first kappa shape index (κ1) is 18.2. The van der Waals surface area contributed by atoms with E-state index in [0.29, 0.717) is 40.4 Å². The van der Waals surface area contributed by atoms with Crippen LogP contribution in [0.25, 0.3) is 4.85 Å². The third-order valence-corrected chi connectivity index (χ3v) is 4.11. The van der Waals surface area contributed by atoms with E-state index in [2.05, 4.69) is 9.83 Å². The Labute approximate surface area is 161 Å². The molecule has 0 bridgehead atoms. The third-order valence-electron chi connectivity index (χ3n) is 3.56. The Balaban J connectivity index is 1.79. The third kappa shape index (κ3) is 4.74. The van der Waals surface area contributed by atoms with Gasteiger partial charge in [-0.25, -0.2) is 4.85 Å². The van der Waals surface area contributed by atoms with Gasteiger partial charge in [0.2, 0.25) is 0 Å². The Morgan fingerprint density at radius 2 is 1.73 bits per heavy atom. The number of rotatable bonds is 6. The van der Waals surface area contributed by atoms with Crippen molar-refractivity contribution in [1.82, 2.24) is 4.98 Å². The van der Waals surface area contributed by atoms with Gasteiger partial charge in [0, 0.05) is 29.0 Å². The lowest BCUT2D eigenvalue weighted by atomic mass is 10.2. The van der Waals surface area contributed by atoms with Crippen LogP contribution in [0, 0.1) is 6.57 Å². The number of hydrogen-bond acceptors (Lipinski definition) is 3. The van der Waals surface area contributed by atoms with Crippen molar-refractivity contribution < 1.29 is 9.47 Å². The quantitative estimate of drug-likeness (QED) is 0.458. The van der Waals surface area contributed by atoms with Crippen LogP contribution in [0.4, 0.5) is 5.69 Å². The highest BCUT2D eigenvalue weighted by Crippen LogP contribution is 2.35. The van der Waals surface area contributed by atoms with Crippen molar-refractivity contribution in [2.75, 3.05) is 0 Å². The highest BCUT2D eigenvalue weighted by molar-refractivity contribution is 6.34. The van der Waals surface area contributed by atoms with Gasteiger partial charge in [0.15, 0.2) is 5.69 Å². The molecule has 0 aliphatic carbocycles. The zero-order valence-electron chi connectivity index (χ0n) is 13.7. The smallest absolute Gasteiger partial charge is 0.187 e. The monoisotopic (exact) mass is 384 g/mol. The molecule has 6 heteroatoms. The minimum Gasteiger partial charge on any atom is -0.455 e. The van der Waals surface area contributed by atoms with Gasteiger partial charge in [-0.05, 0) is 42.0 Å². The van der Waals surface area contributed by atoms with Crippen molar-refractivity contribution in [3.8, 4) is 11.5 Å². The van der Waals surface area contributed by atoms with Crippen LogP contribution >= 0.6 is 23.2 Å². The lowest BCUT2D eigenvalue weighted by Gasteiger charge is -2.13. The van der Waals surface area contributed by atoms with E-state index in [0.717, 1.165) is 11.1 Å². The summed E-state index contributed by atoms with van der Waals surface area (Å²) in [5.41, 5.74) is 2.28. The zero-order chi connectivity index (χ0) is 18.4. The van der Waals surface area contributed by atoms with E-state index in [1.807, 2.05) is 12.1 Å². The van der Waals surface area contributed by atoms with E-state index in [-0.39, 0.29) is 0 Å². The Kier molecular flexibility index (Phi) is 6.08. The maximum atomic E-state index is 7.20. The molecule has 3 rings (SSSR count). The molecule has 1 aromatic heterocycles. The molecule has 0 N–H and O–H groups in total. The number of aromatic nitrogens is 1. The highest BCUT2D eigenvalue weighted by atomic mass is 35.5. The van der Waals surface area contributed by atoms with Crippen LogP contribution in [0.15, 0.2) is 60.9 Å². The molecule has 0 atom stereocenters. The van der Waals surface area contributed by atoms with Crippen LogP contribution < -0.4 is 4.74 Å². The van der Waals surface area contributed by atoms with E-state index >= 15 is 0 Å². The normalized spacial score (nSPS) is 10.3. The highest BCUT2D eigenvalue weighted by Gasteiger charge is 2.10. The molecule has 0 aliphatic heterocycles. The first-order valence-electron chi connectivity index (χ1n) is 7.75. The fourth-order valence-electron chi connectivity index (χ4n) is 2.28. The second-order valence-corrected chi connectivity index (χ2v) is 6.27. The first-order valence-corrected chi connectivity index (χ1v) is 8.51. The fourth-order valence-corrected chi connectivity index (χ4v) is 2.60. The van der Waals surface area contributed by atoms with Crippen molar-refractivity contribution in [2.24, 2.45) is 0 Å². The average molecular weight is 385 g/mol. The number of ether oxygens (including phenoxy) is 2. The minimum absolute atomic E-state index is 0.291. The molecule has 3 aromatic rings. The van der Waals surface area contributed by atoms with Gasteiger partial charge < -0.3 is 9.47 Å². The second kappa shape index (κ2) is 8.68. The summed E-state index contributed by atoms with van der Waals surface area (Å²) in [6, 6.07) is 14.0. The van der Waals surface area contributed by atoms with E-state index in [1.165, 1.54) is 0 Å². The first-order chi connectivity index (χ1) is 12.7. The zero-order valence-corrected chi connectivity index (χ0v) is 15.2. The van der Waals surface area contributed by atoms with Crippen LogP contribution in [0.2, 0.25) is 10.0 Å². The average Bonchev–Trinajstić information content (AvgIpc) is 2.66. The number of pyridine rings is 1. The summed E-state index contributed by atoms with van der Waals surface area (Å²) in [7, 11) is 0. The van der Waals surface area contributed by atoms with Gasteiger partial charge in [-0.2, -0.15) is 0 Å². The molecule has 26 heavy (non-hydrogen) atoms. The summed E-state index contributed by atoms with van der Waals surface area (Å²) in [4.78, 5) is 7.44. The summed E-state index contributed by atoms with van der Waals surface area (Å²) < 4.78 is 11.7. The van der Waals surface area contributed by atoms with Crippen molar-refractivity contribution in [1.29, 1.82) is 0 Å². The minimum atomic E-state index is 0.291. The molecule has 2 aromatic carbocycles.